The minimum Gasteiger partial charge on any atom is -0.331 e. The molecule has 2 aliphatic rings. The van der Waals surface area contributed by atoms with Crippen LogP contribution in [0.25, 0.3) is 6.08 Å². The number of amides is 1. The fraction of sp³-hybridized carbons (Fsp3) is 0.184. The zero-order chi connectivity index (χ0) is 38.7. The molecule has 7 rings (SSSR count). The lowest BCUT2D eigenvalue weighted by Crippen LogP contribution is -2.29. The maximum Gasteiger partial charge on any atom is 0.227 e. The normalized spacial score (nSPS) is 14.7. The van der Waals surface area contributed by atoms with Gasteiger partial charge < -0.3 is 10.2 Å². The monoisotopic (exact) mass is 993 g/mol. The van der Waals surface area contributed by atoms with Gasteiger partial charge in [-0.2, -0.15) is 0 Å². The molecule has 5 aromatic rings. The van der Waals surface area contributed by atoms with Gasteiger partial charge in [0.25, 0.3) is 0 Å². The highest BCUT2D eigenvalue weighted by molar-refractivity contribution is 9.28. The molecule has 2 aromatic carbocycles. The summed E-state index contributed by atoms with van der Waals surface area (Å²) >= 11 is 41.4. The molecule has 7 nitrogen and oxygen atoms in total. The Morgan fingerprint density at radius 1 is 0.741 bits per heavy atom. The number of benzene rings is 2. The van der Waals surface area contributed by atoms with Gasteiger partial charge in [-0.15, -0.1) is 12.4 Å². The summed E-state index contributed by atoms with van der Waals surface area (Å²) in [6, 6.07) is 17.3. The Kier molecular flexibility index (Phi) is 19.2. The number of pyridine rings is 3. The SMILES string of the molecule is C[C@@H]1NCc2ccccc21.C[C@H]1c2ccccc2CN1C(=O)Cc1c(Cl)cncc1Cl.Cl.Clc1cncc(Cl)c1C=C(Br)Br.O=Cc1c(Cl)cncc1Cl. The number of hydrogen-bond acceptors (Lipinski definition) is 6. The highest BCUT2D eigenvalue weighted by Gasteiger charge is 2.30. The van der Waals surface area contributed by atoms with Crippen molar-refractivity contribution in [3.8, 4) is 0 Å². The van der Waals surface area contributed by atoms with Gasteiger partial charge in [-0.1, -0.05) is 118 Å². The van der Waals surface area contributed by atoms with Crippen LogP contribution in [0.15, 0.2) is 89.1 Å². The van der Waals surface area contributed by atoms with Crippen LogP contribution in [0.1, 0.15) is 69.7 Å². The molecular formula is C38H32Br2Cl7N5O2. The maximum atomic E-state index is 12.6. The van der Waals surface area contributed by atoms with Crippen LogP contribution < -0.4 is 5.32 Å². The predicted octanol–water partition coefficient (Wildman–Crippen LogP) is 13.0. The first-order chi connectivity index (χ1) is 25.3. The van der Waals surface area contributed by atoms with E-state index in [9.17, 15) is 9.59 Å². The average Bonchev–Trinajstić information content (AvgIpc) is 3.68. The van der Waals surface area contributed by atoms with Crippen molar-refractivity contribution < 1.29 is 9.59 Å². The van der Waals surface area contributed by atoms with Gasteiger partial charge in [0.05, 0.1) is 51.6 Å². The van der Waals surface area contributed by atoms with Crippen molar-refractivity contribution in [3.05, 3.63) is 158 Å². The lowest BCUT2D eigenvalue weighted by atomic mass is 10.1. The van der Waals surface area contributed by atoms with Gasteiger partial charge in [0.15, 0.2) is 6.29 Å². The summed E-state index contributed by atoms with van der Waals surface area (Å²) in [6.45, 7) is 5.92. The summed E-state index contributed by atoms with van der Waals surface area (Å²) in [5.41, 5.74) is 7.00. The number of carbonyl (C=O) groups excluding carboxylic acids is 2. The summed E-state index contributed by atoms with van der Waals surface area (Å²) in [7, 11) is 0. The first-order valence-corrected chi connectivity index (χ1v) is 19.7. The molecule has 3 aromatic heterocycles. The van der Waals surface area contributed by atoms with E-state index in [1.54, 1.807) is 18.5 Å². The number of nitrogens with zero attached hydrogens (tertiary/aromatic N) is 4. The summed E-state index contributed by atoms with van der Waals surface area (Å²) in [6.07, 6.45) is 11.4. The van der Waals surface area contributed by atoms with Crippen molar-refractivity contribution >= 4 is 132 Å². The molecule has 2 aliphatic heterocycles. The largest absolute Gasteiger partial charge is 0.331 e. The summed E-state index contributed by atoms with van der Waals surface area (Å²) in [4.78, 5) is 36.1. The number of aldehydes is 1. The standard InChI is InChI=1S/C16H14Cl2N2O.C9H11N.C7H3Br2Cl2N.C6H3Cl2NO.ClH/c1-10-12-5-3-2-4-11(12)9-20(10)16(21)6-13-14(17)7-19-8-15(13)18;1-7-9-5-3-2-4-8(9)6-10-7;8-7(9)1-4-5(10)2-12-3-6(4)11;7-5-1-9-2-6(8)4(5)3-10;/h2-5,7-8,10H,6,9H2,1H3;2-5,7,10H,6H2,1H3;1-3H;1-3H;1H/t10-;7-;;;/m00.../s1. The summed E-state index contributed by atoms with van der Waals surface area (Å²) in [5.74, 6) is 0.0219. The number of fused-ring (bicyclic) bond motifs is 2. The van der Waals surface area contributed by atoms with Gasteiger partial charge in [0.2, 0.25) is 5.91 Å². The second-order valence-corrected chi connectivity index (χ2v) is 16.8. The lowest BCUT2D eigenvalue weighted by molar-refractivity contribution is -0.132. The molecule has 16 heteroatoms. The molecule has 1 N–H and O–H groups in total. The zero-order valence-corrected chi connectivity index (χ0v) is 37.1. The van der Waals surface area contributed by atoms with Crippen molar-refractivity contribution in [3.63, 3.8) is 0 Å². The molecule has 1 amide bonds. The fourth-order valence-corrected chi connectivity index (χ4v) is 7.31. The van der Waals surface area contributed by atoms with E-state index in [1.807, 2.05) is 24.0 Å². The Morgan fingerprint density at radius 3 is 1.67 bits per heavy atom. The quantitative estimate of drug-likeness (QED) is 0.181. The molecule has 0 saturated heterocycles. The predicted molar refractivity (Wildman–Crippen MR) is 232 cm³/mol. The van der Waals surface area contributed by atoms with Crippen LogP contribution in [0.4, 0.5) is 0 Å². The van der Waals surface area contributed by atoms with Gasteiger partial charge in [0.1, 0.15) is 0 Å². The Bertz CT molecular complexity index is 2040. The van der Waals surface area contributed by atoms with Gasteiger partial charge >= 0.3 is 0 Å². The molecule has 0 saturated carbocycles. The molecule has 284 valence electrons. The minimum atomic E-state index is 0. The Hall–Kier alpha value is -2.28. The van der Waals surface area contributed by atoms with Gasteiger partial charge in [-0.3, -0.25) is 24.5 Å². The van der Waals surface area contributed by atoms with Crippen molar-refractivity contribution in [1.82, 2.24) is 25.2 Å². The van der Waals surface area contributed by atoms with Crippen molar-refractivity contribution in [2.75, 3.05) is 0 Å². The number of halogens is 9. The summed E-state index contributed by atoms with van der Waals surface area (Å²) in [5, 5.41) is 5.86. The topological polar surface area (TPSA) is 88.1 Å². The number of hydrogen-bond donors (Lipinski definition) is 1. The molecule has 0 spiro atoms. The lowest BCUT2D eigenvalue weighted by Gasteiger charge is -2.22. The highest BCUT2D eigenvalue weighted by Crippen LogP contribution is 2.34. The molecule has 2 atom stereocenters. The van der Waals surface area contributed by atoms with Gasteiger partial charge in [0, 0.05) is 67.4 Å². The first kappa shape index (κ1) is 46.1. The zero-order valence-electron chi connectivity index (χ0n) is 28.6. The van der Waals surface area contributed by atoms with Gasteiger partial charge in [-0.25, -0.2) is 0 Å². The highest BCUT2D eigenvalue weighted by atomic mass is 79.9. The number of carbonyl (C=O) groups is 2. The number of rotatable bonds is 4. The Labute approximate surface area is 367 Å². The second-order valence-electron chi connectivity index (χ2n) is 11.5. The van der Waals surface area contributed by atoms with E-state index in [2.05, 4.69) is 95.5 Å². The van der Waals surface area contributed by atoms with Crippen molar-refractivity contribution in [1.29, 1.82) is 0 Å². The number of nitrogens with one attached hydrogen (secondary N) is 1. The van der Waals surface area contributed by atoms with Crippen LogP contribution in [0.3, 0.4) is 0 Å². The molecule has 54 heavy (non-hydrogen) atoms. The molecule has 0 radical (unpaired) electrons. The Balaban J connectivity index is 0.000000204. The van der Waals surface area contributed by atoms with E-state index in [0.717, 1.165) is 15.5 Å². The molecule has 0 unspecified atom stereocenters. The second kappa shape index (κ2) is 22.5. The van der Waals surface area contributed by atoms with Crippen LogP contribution in [0.5, 0.6) is 0 Å². The molecule has 5 heterocycles. The third-order valence-corrected chi connectivity index (χ3v) is 10.5. The van der Waals surface area contributed by atoms with E-state index in [-0.39, 0.29) is 40.8 Å². The van der Waals surface area contributed by atoms with Crippen molar-refractivity contribution in [2.45, 2.75) is 45.4 Å². The third-order valence-electron chi connectivity index (χ3n) is 8.19. The minimum absolute atomic E-state index is 0. The summed E-state index contributed by atoms with van der Waals surface area (Å²) < 4.78 is 0.782. The molecule has 0 fully saturated rings. The van der Waals surface area contributed by atoms with Crippen LogP contribution >= 0.6 is 114 Å². The van der Waals surface area contributed by atoms with Crippen LogP contribution in [-0.2, 0) is 24.3 Å². The van der Waals surface area contributed by atoms with Crippen molar-refractivity contribution in [2.24, 2.45) is 0 Å². The van der Waals surface area contributed by atoms with Crippen LogP contribution in [0.2, 0.25) is 30.1 Å². The molecule has 0 bridgehead atoms. The third kappa shape index (κ3) is 12.6. The van der Waals surface area contributed by atoms with E-state index in [1.165, 1.54) is 47.0 Å². The average molecular weight is 999 g/mol. The van der Waals surface area contributed by atoms with E-state index >= 15 is 0 Å². The Morgan fingerprint density at radius 2 is 1.20 bits per heavy atom. The van der Waals surface area contributed by atoms with E-state index in [4.69, 9.17) is 69.6 Å². The van der Waals surface area contributed by atoms with Gasteiger partial charge in [-0.05, 0) is 74.0 Å². The maximum absolute atomic E-state index is 12.6. The first-order valence-electron chi connectivity index (χ1n) is 15.8. The van der Waals surface area contributed by atoms with E-state index in [0.29, 0.717) is 50.1 Å². The fourth-order valence-electron chi connectivity index (χ4n) is 5.43. The number of aromatic nitrogens is 3. The van der Waals surface area contributed by atoms with E-state index < -0.39 is 0 Å². The van der Waals surface area contributed by atoms with Crippen LogP contribution in [0, 0.1) is 0 Å². The molecular weight excluding hydrogens is 966 g/mol. The molecule has 0 aliphatic carbocycles. The smallest absolute Gasteiger partial charge is 0.227 e. The van der Waals surface area contributed by atoms with Crippen LogP contribution in [-0.4, -0.2) is 32.0 Å².